The molecule has 0 unspecified atom stereocenters. The number of carbonyl (C=O) groups is 1. The van der Waals surface area contributed by atoms with Crippen molar-refractivity contribution in [1.82, 2.24) is 9.88 Å². The van der Waals surface area contributed by atoms with E-state index in [0.717, 1.165) is 61.6 Å². The minimum atomic E-state index is -0.493. The molecule has 0 aliphatic carbocycles. The van der Waals surface area contributed by atoms with Gasteiger partial charge in [-0.15, -0.1) is 0 Å². The molecular formula is C28H38FN3O4. The van der Waals surface area contributed by atoms with Crippen molar-refractivity contribution in [2.24, 2.45) is 0 Å². The summed E-state index contributed by atoms with van der Waals surface area (Å²) in [6.07, 6.45) is 3.80. The zero-order valence-corrected chi connectivity index (χ0v) is 21.6. The Hall–Kier alpha value is -2.55. The van der Waals surface area contributed by atoms with Crippen LogP contribution in [0.1, 0.15) is 62.9 Å². The third kappa shape index (κ3) is 7.02. The number of pyridine rings is 1. The van der Waals surface area contributed by atoms with Crippen LogP contribution >= 0.6 is 0 Å². The standard InChI is InChI=1S/C28H38FN3O4/c1-19(2)36-18-21-7-8-22(29)16-25(21)27(20(3)33)32-13-11-24(17-32)34-14-5-4-6-23-9-10-26-28(31-23)30-12-15-35-26/h7-10,16,19,24,27H,4-6,11-15,17-18H2,1-3H3,(H,30,31)/t24-,27+/m1/s1. The molecule has 1 fully saturated rings. The van der Waals surface area contributed by atoms with E-state index >= 15 is 0 Å². The molecule has 4 rings (SSSR count). The van der Waals surface area contributed by atoms with Crippen molar-refractivity contribution in [1.29, 1.82) is 0 Å². The first-order valence-corrected chi connectivity index (χ1v) is 13.0. The summed E-state index contributed by atoms with van der Waals surface area (Å²) in [5.74, 6) is 1.32. The molecular weight excluding hydrogens is 461 g/mol. The minimum absolute atomic E-state index is 0.00415. The number of rotatable bonds is 12. The number of likely N-dealkylation sites (tertiary alicyclic amines) is 1. The second kappa shape index (κ2) is 12.6. The lowest BCUT2D eigenvalue weighted by atomic mass is 9.96. The molecule has 2 aliphatic rings. The monoisotopic (exact) mass is 499 g/mol. The number of ether oxygens (including phenoxy) is 3. The first kappa shape index (κ1) is 26.5. The molecule has 0 bridgehead atoms. The Labute approximate surface area is 213 Å². The molecule has 7 nitrogen and oxygen atoms in total. The molecule has 36 heavy (non-hydrogen) atoms. The number of benzene rings is 1. The Morgan fingerprint density at radius 1 is 1.28 bits per heavy atom. The lowest BCUT2D eigenvalue weighted by Crippen LogP contribution is -2.33. The van der Waals surface area contributed by atoms with Crippen molar-refractivity contribution in [3.63, 3.8) is 0 Å². The second-order valence-electron chi connectivity index (χ2n) is 9.87. The number of ketones is 1. The molecule has 2 atom stereocenters. The summed E-state index contributed by atoms with van der Waals surface area (Å²) in [4.78, 5) is 19.5. The van der Waals surface area contributed by atoms with Crippen molar-refractivity contribution in [3.05, 3.63) is 53.0 Å². The average molecular weight is 500 g/mol. The lowest BCUT2D eigenvalue weighted by Gasteiger charge is -2.28. The lowest BCUT2D eigenvalue weighted by molar-refractivity contribution is -0.122. The van der Waals surface area contributed by atoms with Gasteiger partial charge in [0.15, 0.2) is 17.4 Å². The normalized spacial score (nSPS) is 18.5. The van der Waals surface area contributed by atoms with Gasteiger partial charge in [-0.25, -0.2) is 9.37 Å². The zero-order valence-electron chi connectivity index (χ0n) is 21.6. The summed E-state index contributed by atoms with van der Waals surface area (Å²) in [5.41, 5.74) is 2.60. The van der Waals surface area contributed by atoms with Crippen LogP contribution in [0.15, 0.2) is 30.3 Å². The quantitative estimate of drug-likeness (QED) is 0.425. The largest absolute Gasteiger partial charge is 0.488 e. The fourth-order valence-corrected chi connectivity index (χ4v) is 4.86. The molecule has 2 aromatic rings. The summed E-state index contributed by atoms with van der Waals surface area (Å²) in [7, 11) is 0. The zero-order chi connectivity index (χ0) is 25.5. The van der Waals surface area contributed by atoms with Gasteiger partial charge in [0.25, 0.3) is 0 Å². The number of Topliss-reactive ketones (excluding diaryl/α,β-unsaturated/α-hetero) is 1. The van der Waals surface area contributed by atoms with E-state index in [-0.39, 0.29) is 23.8 Å². The van der Waals surface area contributed by atoms with Gasteiger partial charge in [0.1, 0.15) is 12.4 Å². The van der Waals surface area contributed by atoms with Crippen LogP contribution in [0.5, 0.6) is 5.75 Å². The molecule has 3 heterocycles. The van der Waals surface area contributed by atoms with Crippen LogP contribution in [-0.4, -0.2) is 60.7 Å². The Morgan fingerprint density at radius 2 is 2.14 bits per heavy atom. The van der Waals surface area contributed by atoms with E-state index in [4.69, 9.17) is 14.2 Å². The molecule has 0 saturated carbocycles. The highest BCUT2D eigenvalue weighted by molar-refractivity contribution is 5.83. The fourth-order valence-electron chi connectivity index (χ4n) is 4.86. The number of halogens is 1. The number of carbonyl (C=O) groups excluding carboxylic acids is 1. The van der Waals surface area contributed by atoms with Crippen LogP contribution in [0.25, 0.3) is 0 Å². The van der Waals surface area contributed by atoms with Gasteiger partial charge in [-0.1, -0.05) is 6.07 Å². The molecule has 0 amide bonds. The molecule has 1 saturated heterocycles. The smallest absolute Gasteiger partial charge is 0.169 e. The molecule has 196 valence electrons. The molecule has 1 aromatic heterocycles. The summed E-state index contributed by atoms with van der Waals surface area (Å²) in [5, 5.41) is 3.28. The average Bonchev–Trinajstić information content (AvgIpc) is 3.31. The number of fused-ring (bicyclic) bond motifs is 1. The Kier molecular flexibility index (Phi) is 9.29. The number of aromatic nitrogens is 1. The number of anilines is 1. The molecule has 8 heteroatoms. The SMILES string of the molecule is CC(=O)[C@@H](c1cc(F)ccc1COC(C)C)N1CC[C@@H](OCCCCc2ccc3c(n2)NCCO3)C1. The van der Waals surface area contributed by atoms with Gasteiger partial charge in [-0.2, -0.15) is 0 Å². The van der Waals surface area contributed by atoms with E-state index in [1.165, 1.54) is 12.1 Å². The predicted octanol–water partition coefficient (Wildman–Crippen LogP) is 4.69. The Balaban J connectivity index is 1.27. The third-order valence-corrected chi connectivity index (χ3v) is 6.65. The molecule has 0 spiro atoms. The maximum Gasteiger partial charge on any atom is 0.169 e. The minimum Gasteiger partial charge on any atom is -0.488 e. The third-order valence-electron chi connectivity index (χ3n) is 6.65. The molecule has 1 aromatic carbocycles. The van der Waals surface area contributed by atoms with Crippen LogP contribution in [0.3, 0.4) is 0 Å². The number of aryl methyl sites for hydroxylation is 1. The first-order chi connectivity index (χ1) is 17.4. The van der Waals surface area contributed by atoms with E-state index in [0.29, 0.717) is 31.9 Å². The van der Waals surface area contributed by atoms with Gasteiger partial charge in [0.2, 0.25) is 0 Å². The summed E-state index contributed by atoms with van der Waals surface area (Å²) >= 11 is 0. The number of nitrogens with one attached hydrogen (secondary N) is 1. The van der Waals surface area contributed by atoms with Crippen molar-refractivity contribution in [2.45, 2.75) is 71.3 Å². The summed E-state index contributed by atoms with van der Waals surface area (Å²) < 4.78 is 31.7. The first-order valence-electron chi connectivity index (χ1n) is 13.0. The second-order valence-corrected chi connectivity index (χ2v) is 9.87. The van der Waals surface area contributed by atoms with E-state index in [1.807, 2.05) is 26.0 Å². The van der Waals surface area contributed by atoms with Gasteiger partial charge in [0.05, 0.1) is 31.4 Å². The van der Waals surface area contributed by atoms with Crippen LogP contribution < -0.4 is 10.1 Å². The van der Waals surface area contributed by atoms with Gasteiger partial charge < -0.3 is 19.5 Å². The number of unbranched alkanes of at least 4 members (excludes halogenated alkanes) is 1. The van der Waals surface area contributed by atoms with E-state index in [9.17, 15) is 9.18 Å². The molecule has 0 radical (unpaired) electrons. The molecule has 2 aliphatic heterocycles. The highest BCUT2D eigenvalue weighted by atomic mass is 19.1. The van der Waals surface area contributed by atoms with Crippen molar-refractivity contribution in [3.8, 4) is 5.75 Å². The highest BCUT2D eigenvalue weighted by Gasteiger charge is 2.33. The van der Waals surface area contributed by atoms with Gasteiger partial charge >= 0.3 is 0 Å². The highest BCUT2D eigenvalue weighted by Crippen LogP contribution is 2.31. The number of hydrogen-bond donors (Lipinski definition) is 1. The van der Waals surface area contributed by atoms with Crippen LogP contribution in [0.4, 0.5) is 10.2 Å². The Morgan fingerprint density at radius 3 is 2.94 bits per heavy atom. The number of nitrogens with zero attached hydrogens (tertiary/aromatic N) is 2. The summed E-state index contributed by atoms with van der Waals surface area (Å²) in [6.45, 7) is 9.38. The Bertz CT molecular complexity index is 1030. The maximum absolute atomic E-state index is 14.2. The topological polar surface area (TPSA) is 72.9 Å². The fraction of sp³-hybridized carbons (Fsp3) is 0.571. The maximum atomic E-state index is 14.2. The summed E-state index contributed by atoms with van der Waals surface area (Å²) in [6, 6.07) is 8.16. The van der Waals surface area contributed by atoms with Gasteiger partial charge in [0, 0.05) is 25.4 Å². The van der Waals surface area contributed by atoms with Crippen LogP contribution in [0, 0.1) is 5.82 Å². The van der Waals surface area contributed by atoms with Crippen molar-refractivity contribution < 1.29 is 23.4 Å². The molecule has 1 N–H and O–H groups in total. The van der Waals surface area contributed by atoms with Crippen LogP contribution in [0.2, 0.25) is 0 Å². The van der Waals surface area contributed by atoms with Crippen LogP contribution in [-0.2, 0) is 27.3 Å². The van der Waals surface area contributed by atoms with E-state index < -0.39 is 6.04 Å². The van der Waals surface area contributed by atoms with E-state index in [1.54, 1.807) is 13.0 Å². The van der Waals surface area contributed by atoms with Gasteiger partial charge in [-0.3, -0.25) is 9.69 Å². The number of hydrogen-bond acceptors (Lipinski definition) is 7. The van der Waals surface area contributed by atoms with E-state index in [2.05, 4.69) is 15.2 Å². The van der Waals surface area contributed by atoms with Gasteiger partial charge in [-0.05, 0) is 81.8 Å². The van der Waals surface area contributed by atoms with Crippen molar-refractivity contribution in [2.75, 3.05) is 38.2 Å². The predicted molar refractivity (Wildman–Crippen MR) is 137 cm³/mol. The van der Waals surface area contributed by atoms with Crippen molar-refractivity contribution >= 4 is 11.6 Å².